The Morgan fingerprint density at radius 1 is 1.29 bits per heavy atom. The van der Waals surface area contributed by atoms with Gasteiger partial charge in [-0.1, -0.05) is 41.6 Å². The number of carboxylic acids is 1. The fourth-order valence-electron chi connectivity index (χ4n) is 3.47. The van der Waals surface area contributed by atoms with Crippen LogP contribution in [0.5, 0.6) is 0 Å². The van der Waals surface area contributed by atoms with Gasteiger partial charge >= 0.3 is 5.97 Å². The Kier molecular flexibility index (Phi) is 5.94. The van der Waals surface area contributed by atoms with Crippen LogP contribution < -0.4 is 11.1 Å². The summed E-state index contributed by atoms with van der Waals surface area (Å²) in [6.45, 7) is 2.23. The Labute approximate surface area is 186 Å². The first-order valence-corrected chi connectivity index (χ1v) is 10.6. The van der Waals surface area contributed by atoms with Gasteiger partial charge in [-0.3, -0.25) is 4.79 Å². The number of carbonyl (C=O) groups is 2. The van der Waals surface area contributed by atoms with Crippen LogP contribution in [0.15, 0.2) is 29.4 Å². The Morgan fingerprint density at radius 3 is 2.81 bits per heavy atom. The Balaban J connectivity index is 1.74. The molecular weight excluding hydrogens is 442 g/mol. The van der Waals surface area contributed by atoms with Gasteiger partial charge in [0.25, 0.3) is 0 Å². The zero-order chi connectivity index (χ0) is 22.1. The van der Waals surface area contributed by atoms with Crippen molar-refractivity contribution in [3.63, 3.8) is 0 Å². The zero-order valence-corrected chi connectivity index (χ0v) is 18.0. The molecule has 11 heteroatoms. The summed E-state index contributed by atoms with van der Waals surface area (Å²) in [6, 6.07) is 6.61. The van der Waals surface area contributed by atoms with Gasteiger partial charge in [0, 0.05) is 18.2 Å². The first-order valence-electron chi connectivity index (χ1n) is 9.29. The van der Waals surface area contributed by atoms with Gasteiger partial charge in [0.2, 0.25) is 11.9 Å². The van der Waals surface area contributed by atoms with E-state index >= 15 is 0 Å². The molecule has 4 N–H and O–H groups in total. The van der Waals surface area contributed by atoms with Crippen LogP contribution >= 0.6 is 23.4 Å². The third-order valence-electron chi connectivity index (χ3n) is 4.71. The molecule has 2 heterocycles. The number of benzene rings is 2. The molecule has 31 heavy (non-hydrogen) atoms. The Bertz CT molecular complexity index is 1210. The highest BCUT2D eigenvalue weighted by Gasteiger charge is 2.22. The molecule has 0 bridgehead atoms. The lowest BCUT2D eigenvalue weighted by Gasteiger charge is -2.20. The highest BCUT2D eigenvalue weighted by molar-refractivity contribution is 7.99. The molecule has 1 atom stereocenters. The maximum Gasteiger partial charge on any atom is 0.327 e. The third kappa shape index (κ3) is 4.41. The van der Waals surface area contributed by atoms with Gasteiger partial charge in [-0.15, -0.1) is 0 Å². The standard InChI is InChI=1S/C20H18ClN5O4S/c1-9(27)23-14(18(28)29)8-31-20-25-17(24-19(22)26-20)16-12-4-2-3-10-6-30-7-11(15(10)12)5-13(16)21/h2-5,14H,6-8H2,1H3,(H,23,27)(H,28,29)(H2,22,24,25,26)/t14-/m0/s1. The molecule has 1 aliphatic heterocycles. The molecule has 0 radical (unpaired) electrons. The molecular formula is C20H18ClN5O4S. The van der Waals surface area contributed by atoms with Crippen LogP contribution in [0.2, 0.25) is 5.02 Å². The summed E-state index contributed by atoms with van der Waals surface area (Å²) in [6.07, 6.45) is 0. The minimum Gasteiger partial charge on any atom is -0.480 e. The molecule has 0 fully saturated rings. The van der Waals surface area contributed by atoms with Crippen molar-refractivity contribution in [2.24, 2.45) is 0 Å². The molecule has 4 rings (SSSR count). The summed E-state index contributed by atoms with van der Waals surface area (Å²) in [4.78, 5) is 35.4. The van der Waals surface area contributed by atoms with E-state index in [1.807, 2.05) is 24.3 Å². The Hall–Kier alpha value is -2.95. The molecule has 1 amide bonds. The average molecular weight is 460 g/mol. The number of nitrogens with zero attached hydrogens (tertiary/aromatic N) is 3. The molecule has 1 aromatic heterocycles. The summed E-state index contributed by atoms with van der Waals surface area (Å²) in [5.74, 6) is -1.30. The first-order chi connectivity index (χ1) is 14.8. The van der Waals surface area contributed by atoms with E-state index in [4.69, 9.17) is 22.1 Å². The van der Waals surface area contributed by atoms with Crippen LogP contribution in [-0.4, -0.2) is 43.7 Å². The number of carboxylic acid groups (broad SMARTS) is 1. The van der Waals surface area contributed by atoms with E-state index in [0.717, 1.165) is 33.7 Å². The summed E-state index contributed by atoms with van der Waals surface area (Å²) in [5.41, 5.74) is 8.57. The summed E-state index contributed by atoms with van der Waals surface area (Å²) < 4.78 is 5.62. The van der Waals surface area contributed by atoms with Crippen molar-refractivity contribution in [2.75, 3.05) is 11.5 Å². The summed E-state index contributed by atoms with van der Waals surface area (Å²) >= 11 is 7.65. The van der Waals surface area contributed by atoms with Crippen molar-refractivity contribution in [1.29, 1.82) is 0 Å². The molecule has 3 aromatic rings. The van der Waals surface area contributed by atoms with Crippen molar-refractivity contribution >= 4 is 52.0 Å². The fraction of sp³-hybridized carbons (Fsp3) is 0.250. The van der Waals surface area contributed by atoms with E-state index in [2.05, 4.69) is 20.3 Å². The molecule has 0 saturated carbocycles. The molecule has 9 nitrogen and oxygen atoms in total. The fourth-order valence-corrected chi connectivity index (χ4v) is 4.64. The predicted octanol–water partition coefficient (Wildman–Crippen LogP) is 2.64. The number of aromatic nitrogens is 3. The molecule has 0 aliphatic carbocycles. The molecule has 0 unspecified atom stereocenters. The minimum absolute atomic E-state index is 0.0150. The number of hydrogen-bond acceptors (Lipinski definition) is 8. The van der Waals surface area contributed by atoms with Gasteiger partial charge in [0.05, 0.1) is 18.2 Å². The molecule has 0 saturated heterocycles. The number of anilines is 1. The second-order valence-corrected chi connectivity index (χ2v) is 8.32. The number of hydrogen-bond donors (Lipinski definition) is 3. The van der Waals surface area contributed by atoms with Crippen LogP contribution in [0.4, 0.5) is 5.95 Å². The van der Waals surface area contributed by atoms with E-state index in [1.165, 1.54) is 6.92 Å². The van der Waals surface area contributed by atoms with Crippen molar-refractivity contribution in [1.82, 2.24) is 20.3 Å². The minimum atomic E-state index is -1.15. The van der Waals surface area contributed by atoms with E-state index in [9.17, 15) is 14.7 Å². The van der Waals surface area contributed by atoms with Gasteiger partial charge in [-0.2, -0.15) is 9.97 Å². The van der Waals surface area contributed by atoms with Crippen LogP contribution in [0, 0.1) is 0 Å². The number of carbonyl (C=O) groups excluding carboxylic acids is 1. The van der Waals surface area contributed by atoms with Crippen molar-refractivity contribution in [2.45, 2.75) is 31.3 Å². The van der Waals surface area contributed by atoms with E-state index in [1.54, 1.807) is 0 Å². The third-order valence-corrected chi connectivity index (χ3v) is 5.95. The van der Waals surface area contributed by atoms with Crippen LogP contribution in [-0.2, 0) is 27.5 Å². The van der Waals surface area contributed by atoms with Gasteiger partial charge in [0.15, 0.2) is 11.0 Å². The van der Waals surface area contributed by atoms with Crippen molar-refractivity contribution in [3.05, 3.63) is 40.4 Å². The number of nitrogen functional groups attached to an aromatic ring is 1. The van der Waals surface area contributed by atoms with E-state index < -0.39 is 17.9 Å². The van der Waals surface area contributed by atoms with E-state index in [-0.39, 0.29) is 16.9 Å². The number of nitrogens with two attached hydrogens (primary N) is 1. The lowest BCUT2D eigenvalue weighted by Crippen LogP contribution is -2.41. The second kappa shape index (κ2) is 8.66. The normalized spacial score (nSPS) is 13.7. The van der Waals surface area contributed by atoms with Gasteiger partial charge in [-0.05, 0) is 28.0 Å². The first kappa shape index (κ1) is 21.3. The lowest BCUT2D eigenvalue weighted by molar-refractivity contribution is -0.140. The zero-order valence-electron chi connectivity index (χ0n) is 16.4. The molecule has 2 aromatic carbocycles. The molecule has 160 valence electrons. The average Bonchev–Trinajstić information content (AvgIpc) is 2.70. The Morgan fingerprint density at radius 2 is 2.06 bits per heavy atom. The van der Waals surface area contributed by atoms with Crippen LogP contribution in [0.25, 0.3) is 22.2 Å². The number of nitrogens with one attached hydrogen (secondary N) is 1. The summed E-state index contributed by atoms with van der Waals surface area (Å²) in [5, 5.41) is 14.3. The smallest absolute Gasteiger partial charge is 0.327 e. The maximum absolute atomic E-state index is 11.4. The topological polar surface area (TPSA) is 140 Å². The number of ether oxygens (including phenoxy) is 1. The van der Waals surface area contributed by atoms with Gasteiger partial charge in [-0.25, -0.2) is 9.78 Å². The molecule has 1 aliphatic rings. The predicted molar refractivity (Wildman–Crippen MR) is 117 cm³/mol. The van der Waals surface area contributed by atoms with Gasteiger partial charge < -0.3 is 20.9 Å². The number of rotatable bonds is 6. The highest BCUT2D eigenvalue weighted by atomic mass is 35.5. The quantitative estimate of drug-likeness (QED) is 0.474. The van der Waals surface area contributed by atoms with Crippen LogP contribution in [0.1, 0.15) is 18.1 Å². The number of halogens is 1. The number of thioether (sulfide) groups is 1. The summed E-state index contributed by atoms with van der Waals surface area (Å²) in [7, 11) is 0. The maximum atomic E-state index is 11.4. The van der Waals surface area contributed by atoms with Crippen molar-refractivity contribution in [3.8, 4) is 11.4 Å². The highest BCUT2D eigenvalue weighted by Crippen LogP contribution is 2.39. The van der Waals surface area contributed by atoms with Gasteiger partial charge in [0.1, 0.15) is 6.04 Å². The largest absolute Gasteiger partial charge is 0.480 e. The lowest BCUT2D eigenvalue weighted by atomic mass is 9.94. The number of aliphatic carboxylic acids is 1. The SMILES string of the molecule is CC(=O)N[C@@H](CSc1nc(N)nc(-c2c(Cl)cc3c4c(cccc24)COC3)n1)C(=O)O. The van der Waals surface area contributed by atoms with E-state index in [0.29, 0.717) is 29.6 Å². The molecule has 0 spiro atoms. The van der Waals surface area contributed by atoms with Crippen LogP contribution in [0.3, 0.4) is 0 Å². The second-order valence-electron chi connectivity index (χ2n) is 6.93. The number of amides is 1. The monoisotopic (exact) mass is 459 g/mol. The van der Waals surface area contributed by atoms with Crippen molar-refractivity contribution < 1.29 is 19.4 Å².